The van der Waals surface area contributed by atoms with E-state index in [1.807, 2.05) is 6.92 Å². The first kappa shape index (κ1) is 13.1. The molecular formula is C8H20N2O. The van der Waals surface area contributed by atoms with Crippen LogP contribution in [0.1, 0.15) is 20.8 Å². The second-order valence-electron chi connectivity index (χ2n) is 2.85. The SMILES string of the molecule is CC(C)CN(C)C=O.CCN. The predicted octanol–water partition coefficient (Wildman–Crippen LogP) is 0.696. The summed E-state index contributed by atoms with van der Waals surface area (Å²) in [5.74, 6) is 0.574. The Hall–Kier alpha value is -0.570. The van der Waals surface area contributed by atoms with Crippen LogP contribution in [0.2, 0.25) is 0 Å². The van der Waals surface area contributed by atoms with E-state index in [-0.39, 0.29) is 0 Å². The van der Waals surface area contributed by atoms with Crippen molar-refractivity contribution in [3.05, 3.63) is 0 Å². The minimum Gasteiger partial charge on any atom is -0.348 e. The van der Waals surface area contributed by atoms with E-state index in [1.165, 1.54) is 0 Å². The lowest BCUT2D eigenvalue weighted by molar-refractivity contribution is -0.117. The lowest BCUT2D eigenvalue weighted by Crippen LogP contribution is -2.20. The van der Waals surface area contributed by atoms with Gasteiger partial charge in [0.1, 0.15) is 0 Å². The van der Waals surface area contributed by atoms with Crippen molar-refractivity contribution in [2.75, 3.05) is 20.1 Å². The fraction of sp³-hybridized carbons (Fsp3) is 0.875. The molecule has 0 radical (unpaired) electrons. The number of rotatable bonds is 3. The van der Waals surface area contributed by atoms with Crippen LogP contribution in [0.4, 0.5) is 0 Å². The fourth-order valence-electron chi connectivity index (χ4n) is 0.619. The Morgan fingerprint density at radius 2 is 1.91 bits per heavy atom. The van der Waals surface area contributed by atoms with Gasteiger partial charge in [0.05, 0.1) is 0 Å². The Balaban J connectivity index is 0. The van der Waals surface area contributed by atoms with Gasteiger partial charge in [-0.15, -0.1) is 0 Å². The van der Waals surface area contributed by atoms with Crippen LogP contribution in [0.3, 0.4) is 0 Å². The first-order valence-electron chi connectivity index (χ1n) is 3.94. The predicted molar refractivity (Wildman–Crippen MR) is 48.3 cm³/mol. The van der Waals surface area contributed by atoms with Crippen LogP contribution in [0, 0.1) is 5.92 Å². The first-order valence-corrected chi connectivity index (χ1v) is 3.94. The smallest absolute Gasteiger partial charge is 0.209 e. The number of carbonyl (C=O) groups excluding carboxylic acids is 1. The van der Waals surface area contributed by atoms with E-state index in [2.05, 4.69) is 13.8 Å². The molecule has 0 atom stereocenters. The molecule has 0 saturated heterocycles. The lowest BCUT2D eigenvalue weighted by atomic mass is 10.2. The van der Waals surface area contributed by atoms with Gasteiger partial charge in [0, 0.05) is 13.6 Å². The van der Waals surface area contributed by atoms with E-state index < -0.39 is 0 Å². The highest BCUT2D eigenvalue weighted by Gasteiger charge is 1.95. The van der Waals surface area contributed by atoms with Crippen LogP contribution in [-0.2, 0) is 4.79 Å². The number of nitrogens with two attached hydrogens (primary N) is 1. The van der Waals surface area contributed by atoms with Gasteiger partial charge >= 0.3 is 0 Å². The monoisotopic (exact) mass is 160 g/mol. The molecule has 0 aromatic rings. The summed E-state index contributed by atoms with van der Waals surface area (Å²) in [7, 11) is 1.78. The van der Waals surface area contributed by atoms with Gasteiger partial charge < -0.3 is 10.6 Å². The zero-order valence-electron chi connectivity index (χ0n) is 8.00. The Labute approximate surface area is 69.6 Å². The number of hydrogen-bond acceptors (Lipinski definition) is 2. The molecule has 3 heteroatoms. The Kier molecular flexibility index (Phi) is 11.2. The van der Waals surface area contributed by atoms with Crippen molar-refractivity contribution in [3.63, 3.8) is 0 Å². The Morgan fingerprint density at radius 3 is 2.00 bits per heavy atom. The summed E-state index contributed by atoms with van der Waals surface area (Å²) in [4.78, 5) is 11.6. The lowest BCUT2D eigenvalue weighted by Gasteiger charge is -2.11. The van der Waals surface area contributed by atoms with Gasteiger partial charge in [-0.1, -0.05) is 20.8 Å². The Bertz CT molecular complexity index is 84.2. The largest absolute Gasteiger partial charge is 0.348 e. The van der Waals surface area contributed by atoms with Crippen molar-refractivity contribution in [2.45, 2.75) is 20.8 Å². The molecule has 0 rings (SSSR count). The molecule has 0 aliphatic carbocycles. The maximum Gasteiger partial charge on any atom is 0.209 e. The molecule has 0 bridgehead atoms. The quantitative estimate of drug-likeness (QED) is 0.618. The molecule has 68 valence electrons. The van der Waals surface area contributed by atoms with E-state index in [0.29, 0.717) is 5.92 Å². The van der Waals surface area contributed by atoms with Gasteiger partial charge in [-0.05, 0) is 12.5 Å². The van der Waals surface area contributed by atoms with Gasteiger partial charge in [-0.3, -0.25) is 4.79 Å². The second-order valence-corrected chi connectivity index (χ2v) is 2.85. The van der Waals surface area contributed by atoms with Crippen LogP contribution >= 0.6 is 0 Å². The summed E-state index contributed by atoms with van der Waals surface area (Å²) < 4.78 is 0. The third-order valence-corrected chi connectivity index (χ3v) is 0.833. The molecule has 2 N–H and O–H groups in total. The molecule has 0 saturated carbocycles. The zero-order chi connectivity index (χ0) is 9.28. The average Bonchev–Trinajstić information content (AvgIpc) is 1.88. The van der Waals surface area contributed by atoms with Crippen LogP contribution in [0.25, 0.3) is 0 Å². The summed E-state index contributed by atoms with van der Waals surface area (Å²) in [6.07, 6.45) is 0.847. The average molecular weight is 160 g/mol. The molecule has 3 nitrogen and oxygen atoms in total. The van der Waals surface area contributed by atoms with Crippen LogP contribution in [-0.4, -0.2) is 31.4 Å². The molecule has 0 heterocycles. The van der Waals surface area contributed by atoms with Gasteiger partial charge in [0.25, 0.3) is 0 Å². The number of hydrogen-bond donors (Lipinski definition) is 1. The first-order chi connectivity index (χ1) is 5.08. The third-order valence-electron chi connectivity index (χ3n) is 0.833. The number of nitrogens with zero attached hydrogens (tertiary/aromatic N) is 1. The molecule has 1 amide bonds. The molecule has 0 aliphatic heterocycles. The van der Waals surface area contributed by atoms with Crippen LogP contribution in [0.5, 0.6) is 0 Å². The third kappa shape index (κ3) is 17.7. The zero-order valence-corrected chi connectivity index (χ0v) is 8.00. The molecule has 0 unspecified atom stereocenters. The summed E-state index contributed by atoms with van der Waals surface area (Å²) in [5.41, 5.74) is 4.85. The van der Waals surface area contributed by atoms with Crippen molar-refractivity contribution in [3.8, 4) is 0 Å². The van der Waals surface area contributed by atoms with Gasteiger partial charge in [-0.2, -0.15) is 0 Å². The van der Waals surface area contributed by atoms with Crippen molar-refractivity contribution in [1.29, 1.82) is 0 Å². The standard InChI is InChI=1S/C6H13NO.C2H7N/c1-6(2)4-7(3)5-8;1-2-3/h5-6H,4H2,1-3H3;2-3H2,1H3. The van der Waals surface area contributed by atoms with E-state index in [0.717, 1.165) is 19.5 Å². The molecule has 0 aliphatic rings. The highest BCUT2D eigenvalue weighted by molar-refractivity contribution is 5.46. The minimum absolute atomic E-state index is 0.574. The normalized spacial score (nSPS) is 8.55. The van der Waals surface area contributed by atoms with E-state index in [9.17, 15) is 4.79 Å². The topological polar surface area (TPSA) is 46.3 Å². The van der Waals surface area contributed by atoms with Crippen LogP contribution in [0.15, 0.2) is 0 Å². The maximum absolute atomic E-state index is 9.97. The van der Waals surface area contributed by atoms with Gasteiger partial charge in [0.15, 0.2) is 0 Å². The van der Waals surface area contributed by atoms with E-state index in [4.69, 9.17) is 5.73 Å². The summed E-state index contributed by atoms with van der Waals surface area (Å²) in [6.45, 7) is 7.67. The maximum atomic E-state index is 9.97. The minimum atomic E-state index is 0.574. The Morgan fingerprint density at radius 1 is 1.55 bits per heavy atom. The number of carbonyl (C=O) groups is 1. The van der Waals surface area contributed by atoms with Crippen molar-refractivity contribution in [2.24, 2.45) is 11.7 Å². The van der Waals surface area contributed by atoms with Gasteiger partial charge in [-0.25, -0.2) is 0 Å². The van der Waals surface area contributed by atoms with E-state index >= 15 is 0 Å². The molecule has 0 fully saturated rings. The molecular weight excluding hydrogens is 140 g/mol. The summed E-state index contributed by atoms with van der Waals surface area (Å²) in [6, 6.07) is 0. The molecule has 0 aromatic heterocycles. The van der Waals surface area contributed by atoms with Gasteiger partial charge in [0.2, 0.25) is 6.41 Å². The van der Waals surface area contributed by atoms with Crippen LogP contribution < -0.4 is 5.73 Å². The van der Waals surface area contributed by atoms with E-state index in [1.54, 1.807) is 11.9 Å². The van der Waals surface area contributed by atoms with Crippen molar-refractivity contribution in [1.82, 2.24) is 4.90 Å². The molecule has 11 heavy (non-hydrogen) atoms. The molecule has 0 spiro atoms. The fourth-order valence-corrected chi connectivity index (χ4v) is 0.619. The van der Waals surface area contributed by atoms with Crippen molar-refractivity contribution < 1.29 is 4.79 Å². The summed E-state index contributed by atoms with van der Waals surface area (Å²) in [5, 5.41) is 0. The molecule has 0 aromatic carbocycles. The summed E-state index contributed by atoms with van der Waals surface area (Å²) >= 11 is 0. The van der Waals surface area contributed by atoms with Crippen molar-refractivity contribution >= 4 is 6.41 Å². The highest BCUT2D eigenvalue weighted by atomic mass is 16.1. The number of amides is 1. The second kappa shape index (κ2) is 9.43. The highest BCUT2D eigenvalue weighted by Crippen LogP contribution is 1.91.